The van der Waals surface area contributed by atoms with Crippen molar-refractivity contribution in [3.8, 4) is 5.75 Å². The molecule has 2 aromatic carbocycles. The number of ether oxygens (including phenoxy) is 1. The van der Waals surface area contributed by atoms with Gasteiger partial charge in [-0.15, -0.1) is 0 Å². The van der Waals surface area contributed by atoms with E-state index in [1.54, 1.807) is 0 Å². The van der Waals surface area contributed by atoms with Crippen molar-refractivity contribution in [2.45, 2.75) is 13.0 Å². The van der Waals surface area contributed by atoms with Crippen LogP contribution in [0.1, 0.15) is 12.0 Å². The Morgan fingerprint density at radius 2 is 1.82 bits per heavy atom. The number of anilines is 1. The van der Waals surface area contributed by atoms with Crippen molar-refractivity contribution >= 4 is 27.5 Å². The highest BCUT2D eigenvalue weighted by atomic mass is 79.9. The van der Waals surface area contributed by atoms with E-state index in [-0.39, 0.29) is 5.91 Å². The Hall–Kier alpha value is -1.81. The van der Waals surface area contributed by atoms with Gasteiger partial charge in [-0.05, 0) is 24.1 Å². The number of halogens is 1. The smallest absolute Gasteiger partial charge is 0.227 e. The Bertz CT molecular complexity index is 645. The fourth-order valence-corrected chi connectivity index (χ4v) is 3.13. The van der Waals surface area contributed by atoms with Crippen LogP contribution in [0.25, 0.3) is 0 Å². The zero-order chi connectivity index (χ0) is 15.4. The van der Waals surface area contributed by atoms with Crippen molar-refractivity contribution in [2.24, 2.45) is 5.92 Å². The molecule has 1 aliphatic rings. The number of carbonyl (C=O) groups excluding carboxylic acids is 1. The van der Waals surface area contributed by atoms with Crippen LogP contribution >= 0.6 is 15.9 Å². The van der Waals surface area contributed by atoms with Crippen LogP contribution < -0.4 is 9.64 Å². The zero-order valence-electron chi connectivity index (χ0n) is 12.2. The van der Waals surface area contributed by atoms with E-state index in [1.807, 2.05) is 59.5 Å². The van der Waals surface area contributed by atoms with Crippen molar-refractivity contribution < 1.29 is 9.53 Å². The number of nitrogens with zero attached hydrogens (tertiary/aromatic N) is 1. The summed E-state index contributed by atoms with van der Waals surface area (Å²) in [6, 6.07) is 17.7. The number of alkyl halides is 1. The highest BCUT2D eigenvalue weighted by Crippen LogP contribution is 2.29. The molecule has 1 aliphatic heterocycles. The fraction of sp³-hybridized carbons (Fsp3) is 0.278. The second kappa shape index (κ2) is 6.97. The third-order valence-corrected chi connectivity index (χ3v) is 4.76. The number of benzene rings is 2. The second-order valence-corrected chi connectivity index (χ2v) is 6.11. The van der Waals surface area contributed by atoms with Gasteiger partial charge in [-0.2, -0.15) is 0 Å². The molecule has 1 atom stereocenters. The van der Waals surface area contributed by atoms with Crippen molar-refractivity contribution in [1.29, 1.82) is 0 Å². The topological polar surface area (TPSA) is 29.5 Å². The van der Waals surface area contributed by atoms with Crippen LogP contribution in [0.3, 0.4) is 0 Å². The maximum absolute atomic E-state index is 12.2. The summed E-state index contributed by atoms with van der Waals surface area (Å²) < 4.78 is 5.83. The molecule has 1 unspecified atom stereocenters. The lowest BCUT2D eigenvalue weighted by atomic mass is 10.1. The van der Waals surface area contributed by atoms with Crippen molar-refractivity contribution in [3.63, 3.8) is 0 Å². The van der Waals surface area contributed by atoms with Crippen LogP contribution in [0.2, 0.25) is 0 Å². The highest BCUT2D eigenvalue weighted by molar-refractivity contribution is 9.09. The van der Waals surface area contributed by atoms with E-state index < -0.39 is 0 Å². The van der Waals surface area contributed by atoms with Gasteiger partial charge in [0.15, 0.2) is 0 Å². The van der Waals surface area contributed by atoms with Crippen LogP contribution in [0.4, 0.5) is 5.69 Å². The standard InChI is InChI=1S/C18H18BrNO2/c19-11-14-10-18(21)20(12-14)17-9-5-4-6-15(17)13-22-16-7-2-1-3-8-16/h1-9,14H,10-13H2. The fourth-order valence-electron chi connectivity index (χ4n) is 2.69. The molecule has 1 heterocycles. The van der Waals surface area contributed by atoms with Gasteiger partial charge in [-0.3, -0.25) is 4.79 Å². The minimum atomic E-state index is 0.191. The molecule has 0 aromatic heterocycles. The molecule has 1 saturated heterocycles. The number of para-hydroxylation sites is 2. The first-order valence-corrected chi connectivity index (χ1v) is 8.52. The molecule has 1 fully saturated rings. The van der Waals surface area contributed by atoms with Gasteiger partial charge in [-0.1, -0.05) is 52.3 Å². The zero-order valence-corrected chi connectivity index (χ0v) is 13.8. The summed E-state index contributed by atoms with van der Waals surface area (Å²) >= 11 is 3.48. The van der Waals surface area contributed by atoms with Crippen LogP contribution in [-0.2, 0) is 11.4 Å². The molecular weight excluding hydrogens is 342 g/mol. The van der Waals surface area contributed by atoms with Crippen LogP contribution in [-0.4, -0.2) is 17.8 Å². The molecule has 0 saturated carbocycles. The molecule has 114 valence electrons. The molecule has 22 heavy (non-hydrogen) atoms. The van der Waals surface area contributed by atoms with Gasteiger partial charge in [0, 0.05) is 23.9 Å². The Morgan fingerprint density at radius 3 is 2.55 bits per heavy atom. The normalized spacial score (nSPS) is 17.8. The van der Waals surface area contributed by atoms with Gasteiger partial charge in [0.25, 0.3) is 0 Å². The van der Waals surface area contributed by atoms with Gasteiger partial charge in [-0.25, -0.2) is 0 Å². The van der Waals surface area contributed by atoms with E-state index in [1.165, 1.54) is 0 Å². The van der Waals surface area contributed by atoms with Crippen LogP contribution in [0.15, 0.2) is 54.6 Å². The Labute approximate surface area is 139 Å². The van der Waals surface area contributed by atoms with Crippen molar-refractivity contribution in [2.75, 3.05) is 16.8 Å². The van der Waals surface area contributed by atoms with Crippen LogP contribution in [0, 0.1) is 5.92 Å². The molecule has 0 radical (unpaired) electrons. The predicted molar refractivity (Wildman–Crippen MR) is 91.5 cm³/mol. The first kappa shape index (κ1) is 15.1. The minimum Gasteiger partial charge on any atom is -0.489 e. The van der Waals surface area contributed by atoms with E-state index >= 15 is 0 Å². The van der Waals surface area contributed by atoms with E-state index in [4.69, 9.17) is 4.74 Å². The molecule has 0 spiro atoms. The quantitative estimate of drug-likeness (QED) is 0.754. The second-order valence-electron chi connectivity index (χ2n) is 5.46. The number of hydrogen-bond donors (Lipinski definition) is 0. The SMILES string of the molecule is O=C1CC(CBr)CN1c1ccccc1COc1ccccc1. The lowest BCUT2D eigenvalue weighted by Gasteiger charge is -2.20. The summed E-state index contributed by atoms with van der Waals surface area (Å²) in [6.07, 6.45) is 0.610. The average Bonchev–Trinajstić information content (AvgIpc) is 2.95. The molecule has 3 nitrogen and oxygen atoms in total. The third kappa shape index (κ3) is 3.33. The Morgan fingerprint density at radius 1 is 1.09 bits per heavy atom. The molecule has 4 heteroatoms. The maximum atomic E-state index is 12.2. The lowest BCUT2D eigenvalue weighted by molar-refractivity contribution is -0.117. The predicted octanol–water partition coefficient (Wildman–Crippen LogP) is 4.01. The van der Waals surface area contributed by atoms with Gasteiger partial charge in [0.2, 0.25) is 5.91 Å². The molecule has 2 aromatic rings. The minimum absolute atomic E-state index is 0.191. The van der Waals surface area contributed by atoms with E-state index in [2.05, 4.69) is 15.9 Å². The summed E-state index contributed by atoms with van der Waals surface area (Å²) in [5.74, 6) is 1.41. The first-order valence-electron chi connectivity index (χ1n) is 7.40. The lowest BCUT2D eigenvalue weighted by Crippen LogP contribution is -2.26. The molecule has 0 N–H and O–H groups in total. The number of rotatable bonds is 5. The van der Waals surface area contributed by atoms with Crippen LogP contribution in [0.5, 0.6) is 5.75 Å². The Balaban J connectivity index is 1.77. The summed E-state index contributed by atoms with van der Waals surface area (Å²) in [4.78, 5) is 14.1. The van der Waals surface area contributed by atoms with E-state index in [0.29, 0.717) is 18.9 Å². The molecule has 3 rings (SSSR count). The maximum Gasteiger partial charge on any atom is 0.227 e. The van der Waals surface area contributed by atoms with Gasteiger partial charge >= 0.3 is 0 Å². The molecule has 1 amide bonds. The molecule has 0 bridgehead atoms. The summed E-state index contributed by atoms with van der Waals surface area (Å²) in [5.41, 5.74) is 2.00. The average molecular weight is 360 g/mol. The number of hydrogen-bond acceptors (Lipinski definition) is 2. The number of amides is 1. The van der Waals surface area contributed by atoms with E-state index in [0.717, 1.165) is 28.9 Å². The summed E-state index contributed by atoms with van der Waals surface area (Å²) in [7, 11) is 0. The third-order valence-electron chi connectivity index (χ3n) is 3.84. The largest absolute Gasteiger partial charge is 0.489 e. The monoisotopic (exact) mass is 359 g/mol. The summed E-state index contributed by atoms with van der Waals surface area (Å²) in [5, 5.41) is 0.859. The molecule has 0 aliphatic carbocycles. The Kier molecular flexibility index (Phi) is 4.78. The molecular formula is C18H18BrNO2. The van der Waals surface area contributed by atoms with Gasteiger partial charge < -0.3 is 9.64 Å². The summed E-state index contributed by atoms with van der Waals surface area (Å²) in [6.45, 7) is 1.23. The van der Waals surface area contributed by atoms with Crippen molar-refractivity contribution in [1.82, 2.24) is 0 Å². The van der Waals surface area contributed by atoms with E-state index in [9.17, 15) is 4.79 Å². The highest BCUT2D eigenvalue weighted by Gasteiger charge is 2.30. The van der Waals surface area contributed by atoms with Gasteiger partial charge in [0.05, 0.1) is 5.69 Å². The van der Waals surface area contributed by atoms with Crippen molar-refractivity contribution in [3.05, 3.63) is 60.2 Å². The van der Waals surface area contributed by atoms with Gasteiger partial charge in [0.1, 0.15) is 12.4 Å². The first-order chi connectivity index (χ1) is 10.8. The number of carbonyl (C=O) groups is 1.